The minimum atomic E-state index is -0.131. The van der Waals surface area contributed by atoms with Crippen LogP contribution in [0.15, 0.2) is 52.4 Å². The molecule has 0 unspecified atom stereocenters. The minimum Gasteiger partial charge on any atom is -0.300 e. The van der Waals surface area contributed by atoms with Gasteiger partial charge in [0.05, 0.1) is 10.6 Å². The molecule has 116 valence electrons. The maximum atomic E-state index is 12.1. The van der Waals surface area contributed by atoms with Crippen molar-refractivity contribution in [1.82, 2.24) is 5.32 Å². The Balaban J connectivity index is 1.89. The molecular formula is C17H12ClIN2OS. The second-order valence-electron chi connectivity index (χ2n) is 4.93. The Morgan fingerprint density at radius 1 is 1.26 bits per heavy atom. The van der Waals surface area contributed by atoms with E-state index in [0.717, 1.165) is 20.4 Å². The van der Waals surface area contributed by atoms with Crippen LogP contribution in [0.2, 0.25) is 5.02 Å². The van der Waals surface area contributed by atoms with E-state index in [1.807, 2.05) is 49.4 Å². The highest BCUT2D eigenvalue weighted by molar-refractivity contribution is 14.1. The van der Waals surface area contributed by atoms with E-state index in [0.29, 0.717) is 15.1 Å². The Morgan fingerprint density at radius 2 is 2.04 bits per heavy atom. The molecule has 1 heterocycles. The van der Waals surface area contributed by atoms with Crippen LogP contribution in [0.1, 0.15) is 11.1 Å². The number of carbonyl (C=O) groups is 1. The van der Waals surface area contributed by atoms with Crippen LogP contribution in [0.25, 0.3) is 6.08 Å². The number of thioether (sulfide) groups is 1. The van der Waals surface area contributed by atoms with Gasteiger partial charge in [0.15, 0.2) is 5.17 Å². The fraction of sp³-hybridized carbons (Fsp3) is 0.0588. The number of nitrogens with one attached hydrogen (secondary N) is 1. The van der Waals surface area contributed by atoms with Crippen LogP contribution in [0.4, 0.5) is 5.69 Å². The molecule has 0 aliphatic carbocycles. The van der Waals surface area contributed by atoms with Gasteiger partial charge in [0.2, 0.25) is 0 Å². The van der Waals surface area contributed by atoms with E-state index in [1.165, 1.54) is 11.8 Å². The molecule has 0 spiro atoms. The lowest BCUT2D eigenvalue weighted by atomic mass is 10.2. The SMILES string of the molecule is Cc1ccc(Cl)cc1N=C1NC(=O)/C(=C/c2ccccc2I)S1. The lowest BCUT2D eigenvalue weighted by Gasteiger charge is -2.01. The zero-order valence-electron chi connectivity index (χ0n) is 12.1. The Bertz CT molecular complexity index is 848. The minimum absolute atomic E-state index is 0.131. The topological polar surface area (TPSA) is 41.5 Å². The Kier molecular flexibility index (Phi) is 5.08. The monoisotopic (exact) mass is 454 g/mol. The summed E-state index contributed by atoms with van der Waals surface area (Å²) in [7, 11) is 0. The summed E-state index contributed by atoms with van der Waals surface area (Å²) in [6, 6.07) is 13.4. The van der Waals surface area contributed by atoms with Crippen molar-refractivity contribution in [2.45, 2.75) is 6.92 Å². The van der Waals surface area contributed by atoms with Gasteiger partial charge in [0.25, 0.3) is 5.91 Å². The van der Waals surface area contributed by atoms with Crippen molar-refractivity contribution < 1.29 is 4.79 Å². The van der Waals surface area contributed by atoms with E-state index >= 15 is 0 Å². The molecule has 6 heteroatoms. The van der Waals surface area contributed by atoms with Crippen molar-refractivity contribution in [3.8, 4) is 0 Å². The Morgan fingerprint density at radius 3 is 2.83 bits per heavy atom. The molecule has 3 rings (SSSR count). The van der Waals surface area contributed by atoms with Crippen molar-refractivity contribution in [1.29, 1.82) is 0 Å². The molecule has 1 N–H and O–H groups in total. The van der Waals surface area contributed by atoms with Crippen LogP contribution in [-0.2, 0) is 4.79 Å². The molecule has 0 radical (unpaired) electrons. The van der Waals surface area contributed by atoms with E-state index in [9.17, 15) is 4.79 Å². The summed E-state index contributed by atoms with van der Waals surface area (Å²) in [6.07, 6.45) is 1.88. The molecular weight excluding hydrogens is 443 g/mol. The number of rotatable bonds is 2. The van der Waals surface area contributed by atoms with Gasteiger partial charge in [-0.25, -0.2) is 4.99 Å². The van der Waals surface area contributed by atoms with Gasteiger partial charge < -0.3 is 5.32 Å². The molecule has 2 aromatic rings. The third-order valence-electron chi connectivity index (χ3n) is 3.24. The average Bonchev–Trinajstić information content (AvgIpc) is 2.85. The van der Waals surface area contributed by atoms with E-state index in [1.54, 1.807) is 6.07 Å². The number of benzene rings is 2. The number of hydrogen-bond acceptors (Lipinski definition) is 3. The summed E-state index contributed by atoms with van der Waals surface area (Å²) in [4.78, 5) is 17.3. The van der Waals surface area contributed by atoms with Crippen molar-refractivity contribution >= 4 is 68.8 Å². The normalized spacial score (nSPS) is 17.8. The first kappa shape index (κ1) is 16.5. The summed E-state index contributed by atoms with van der Waals surface area (Å²) in [5.41, 5.74) is 2.79. The average molecular weight is 455 g/mol. The fourth-order valence-corrected chi connectivity index (χ4v) is 3.56. The number of hydrogen-bond donors (Lipinski definition) is 1. The quantitative estimate of drug-likeness (QED) is 0.504. The molecule has 1 saturated heterocycles. The molecule has 0 saturated carbocycles. The highest BCUT2D eigenvalue weighted by Gasteiger charge is 2.24. The third kappa shape index (κ3) is 3.97. The van der Waals surface area contributed by atoms with Crippen LogP contribution in [0, 0.1) is 10.5 Å². The number of halogens is 2. The van der Waals surface area contributed by atoms with Crippen molar-refractivity contribution in [3.63, 3.8) is 0 Å². The van der Waals surface area contributed by atoms with Gasteiger partial charge in [-0.15, -0.1) is 0 Å². The summed E-state index contributed by atoms with van der Waals surface area (Å²) in [5, 5.41) is 3.99. The molecule has 3 nitrogen and oxygen atoms in total. The van der Waals surface area contributed by atoms with Crippen LogP contribution in [-0.4, -0.2) is 11.1 Å². The predicted octanol–water partition coefficient (Wildman–Crippen LogP) is 5.14. The molecule has 0 bridgehead atoms. The van der Waals surface area contributed by atoms with Crippen LogP contribution < -0.4 is 5.32 Å². The van der Waals surface area contributed by atoms with Crippen molar-refractivity contribution in [2.24, 2.45) is 4.99 Å². The molecule has 0 atom stereocenters. The summed E-state index contributed by atoms with van der Waals surface area (Å²) in [6.45, 7) is 1.96. The second-order valence-corrected chi connectivity index (χ2v) is 7.56. The van der Waals surface area contributed by atoms with E-state index in [-0.39, 0.29) is 5.91 Å². The fourth-order valence-electron chi connectivity index (χ4n) is 2.03. The summed E-state index contributed by atoms with van der Waals surface area (Å²) < 4.78 is 1.10. The highest BCUT2D eigenvalue weighted by Crippen LogP contribution is 2.30. The number of amides is 1. The van der Waals surface area contributed by atoms with Gasteiger partial charge in [-0.1, -0.05) is 35.9 Å². The van der Waals surface area contributed by atoms with Crippen molar-refractivity contribution in [2.75, 3.05) is 0 Å². The van der Waals surface area contributed by atoms with Gasteiger partial charge in [-0.05, 0) is 76.7 Å². The molecule has 23 heavy (non-hydrogen) atoms. The Labute approximate surface area is 157 Å². The van der Waals surface area contributed by atoms with Crippen LogP contribution in [0.3, 0.4) is 0 Å². The molecule has 1 fully saturated rings. The first-order valence-corrected chi connectivity index (χ1v) is 9.10. The number of aliphatic imine (C=N–C) groups is 1. The van der Waals surface area contributed by atoms with Crippen LogP contribution in [0.5, 0.6) is 0 Å². The number of carbonyl (C=O) groups excluding carboxylic acids is 1. The largest absolute Gasteiger partial charge is 0.300 e. The number of nitrogens with zero attached hydrogens (tertiary/aromatic N) is 1. The number of amidine groups is 1. The highest BCUT2D eigenvalue weighted by atomic mass is 127. The lowest BCUT2D eigenvalue weighted by Crippen LogP contribution is -2.19. The molecule has 1 amide bonds. The standard InChI is InChI=1S/C17H12ClIN2OS/c1-10-6-7-12(18)9-14(10)20-17-21-16(22)15(23-17)8-11-4-2-3-5-13(11)19/h2-9H,1H3,(H,20,21,22)/b15-8-. The molecule has 0 aromatic heterocycles. The Hall–Kier alpha value is -1.31. The molecule has 1 aliphatic rings. The van der Waals surface area contributed by atoms with E-state index in [2.05, 4.69) is 32.9 Å². The predicted molar refractivity (Wildman–Crippen MR) is 106 cm³/mol. The zero-order valence-corrected chi connectivity index (χ0v) is 15.9. The van der Waals surface area contributed by atoms with Gasteiger partial charge in [0, 0.05) is 8.59 Å². The molecule has 1 aliphatic heterocycles. The van der Waals surface area contributed by atoms with Gasteiger partial charge in [0.1, 0.15) is 0 Å². The number of aryl methyl sites for hydroxylation is 1. The van der Waals surface area contributed by atoms with Gasteiger partial charge in [-0.3, -0.25) is 4.79 Å². The first-order chi connectivity index (χ1) is 11.0. The summed E-state index contributed by atoms with van der Waals surface area (Å²) >= 11 is 9.60. The molecule has 2 aromatic carbocycles. The van der Waals surface area contributed by atoms with Crippen molar-refractivity contribution in [3.05, 3.63) is 67.1 Å². The zero-order chi connectivity index (χ0) is 16.4. The summed E-state index contributed by atoms with van der Waals surface area (Å²) in [5.74, 6) is -0.131. The van der Waals surface area contributed by atoms with E-state index < -0.39 is 0 Å². The van der Waals surface area contributed by atoms with E-state index in [4.69, 9.17) is 11.6 Å². The smallest absolute Gasteiger partial charge is 0.264 e. The maximum Gasteiger partial charge on any atom is 0.264 e. The van der Waals surface area contributed by atoms with Gasteiger partial charge >= 0.3 is 0 Å². The maximum absolute atomic E-state index is 12.1. The van der Waals surface area contributed by atoms with Crippen LogP contribution >= 0.6 is 46.0 Å². The lowest BCUT2D eigenvalue weighted by molar-refractivity contribution is -0.115. The van der Waals surface area contributed by atoms with Gasteiger partial charge in [-0.2, -0.15) is 0 Å². The third-order valence-corrected chi connectivity index (χ3v) is 5.36. The first-order valence-electron chi connectivity index (χ1n) is 6.83. The second kappa shape index (κ2) is 7.07.